The van der Waals surface area contributed by atoms with Crippen molar-refractivity contribution < 1.29 is 18.0 Å². The van der Waals surface area contributed by atoms with Gasteiger partial charge >= 0.3 is 6.18 Å². The van der Waals surface area contributed by atoms with Crippen LogP contribution < -0.4 is 5.43 Å². The predicted octanol–water partition coefficient (Wildman–Crippen LogP) is 4.78. The molecule has 0 radical (unpaired) electrons. The summed E-state index contributed by atoms with van der Waals surface area (Å²) in [5.74, 6) is -2.08. The SMILES string of the molecule is O=C(N/N=C\[C@@H]1C[C@H]2C[C@H]1[C@H](C(F)(F)F)C2)c1cccc2ccccc12. The zero-order valence-corrected chi connectivity index (χ0v) is 14.0. The van der Waals surface area contributed by atoms with Crippen molar-refractivity contribution in [1.29, 1.82) is 0 Å². The van der Waals surface area contributed by atoms with Crippen molar-refractivity contribution in [3.05, 3.63) is 48.0 Å². The summed E-state index contributed by atoms with van der Waals surface area (Å²) in [6.45, 7) is 0. The molecule has 0 unspecified atom stereocenters. The first kappa shape index (κ1) is 17.1. The molecular formula is C20H19F3N2O. The van der Waals surface area contributed by atoms with Gasteiger partial charge in [0.1, 0.15) is 0 Å². The Kier molecular flexibility index (Phi) is 4.21. The maximum Gasteiger partial charge on any atom is 0.392 e. The number of nitrogens with one attached hydrogen (secondary N) is 1. The van der Waals surface area contributed by atoms with Gasteiger partial charge in [0.05, 0.1) is 5.92 Å². The van der Waals surface area contributed by atoms with E-state index >= 15 is 0 Å². The lowest BCUT2D eigenvalue weighted by Gasteiger charge is -2.28. The average Bonchev–Trinajstić information content (AvgIpc) is 3.21. The van der Waals surface area contributed by atoms with Crippen molar-refractivity contribution in [2.45, 2.75) is 25.4 Å². The summed E-state index contributed by atoms with van der Waals surface area (Å²) < 4.78 is 39.3. The fraction of sp³-hybridized carbons (Fsp3) is 0.400. The zero-order chi connectivity index (χ0) is 18.3. The zero-order valence-electron chi connectivity index (χ0n) is 14.0. The maximum absolute atomic E-state index is 13.1. The van der Waals surface area contributed by atoms with Crippen LogP contribution in [0.4, 0.5) is 13.2 Å². The van der Waals surface area contributed by atoms with Crippen LogP contribution in [0.15, 0.2) is 47.6 Å². The van der Waals surface area contributed by atoms with Crippen molar-refractivity contribution in [2.24, 2.45) is 28.8 Å². The Morgan fingerprint density at radius 2 is 1.85 bits per heavy atom. The Morgan fingerprint density at radius 3 is 2.62 bits per heavy atom. The van der Waals surface area contributed by atoms with Gasteiger partial charge in [-0.1, -0.05) is 36.4 Å². The third-order valence-electron chi connectivity index (χ3n) is 5.75. The number of rotatable bonds is 3. The predicted molar refractivity (Wildman–Crippen MR) is 93.8 cm³/mol. The molecule has 2 aliphatic carbocycles. The molecule has 26 heavy (non-hydrogen) atoms. The number of halogens is 3. The minimum absolute atomic E-state index is 0.122. The summed E-state index contributed by atoms with van der Waals surface area (Å²) in [7, 11) is 0. The molecule has 0 heterocycles. The Labute approximate surface area is 149 Å². The van der Waals surface area contributed by atoms with Crippen LogP contribution in [0.25, 0.3) is 10.8 Å². The monoisotopic (exact) mass is 360 g/mol. The van der Waals surface area contributed by atoms with Gasteiger partial charge in [0, 0.05) is 11.8 Å². The van der Waals surface area contributed by atoms with Crippen LogP contribution in [-0.2, 0) is 0 Å². The Hall–Kier alpha value is -2.37. The number of benzene rings is 2. The molecule has 4 rings (SSSR count). The second kappa shape index (κ2) is 6.41. The Bertz CT molecular complexity index is 856. The van der Waals surface area contributed by atoms with Gasteiger partial charge in [-0.25, -0.2) is 5.43 Å². The second-order valence-electron chi connectivity index (χ2n) is 7.29. The molecule has 2 fully saturated rings. The molecule has 6 heteroatoms. The van der Waals surface area contributed by atoms with Crippen molar-refractivity contribution in [1.82, 2.24) is 5.43 Å². The van der Waals surface area contributed by atoms with Gasteiger partial charge in [0.25, 0.3) is 5.91 Å². The lowest BCUT2D eigenvalue weighted by molar-refractivity contribution is -0.189. The molecule has 4 atom stereocenters. The topological polar surface area (TPSA) is 41.5 Å². The number of nitrogens with zero attached hydrogens (tertiary/aromatic N) is 1. The van der Waals surface area contributed by atoms with E-state index in [9.17, 15) is 18.0 Å². The number of hydrogen-bond acceptors (Lipinski definition) is 2. The molecule has 2 saturated carbocycles. The van der Waals surface area contributed by atoms with E-state index in [0.717, 1.165) is 17.2 Å². The van der Waals surface area contributed by atoms with Gasteiger partial charge in [-0.3, -0.25) is 4.79 Å². The lowest BCUT2D eigenvalue weighted by Crippen LogP contribution is -2.33. The summed E-state index contributed by atoms with van der Waals surface area (Å²) >= 11 is 0. The summed E-state index contributed by atoms with van der Waals surface area (Å²) in [6.07, 6.45) is -1.06. The molecule has 0 spiro atoms. The normalized spacial score (nSPS) is 28.1. The standard InChI is InChI=1S/C20H19F3N2O/c21-20(22,23)18-10-12-8-14(17(18)9-12)11-24-25-19(26)16-7-3-5-13-4-1-2-6-15(13)16/h1-7,11-12,14,17-18H,8-10H2,(H,25,26)/b24-11-/t12-,14-,17+,18+/m0/s1. The molecule has 0 aromatic heterocycles. The molecule has 1 amide bonds. The molecule has 2 bridgehead atoms. The summed E-state index contributed by atoms with van der Waals surface area (Å²) in [5, 5.41) is 5.75. The minimum atomic E-state index is -4.14. The quantitative estimate of drug-likeness (QED) is 0.621. The van der Waals surface area contributed by atoms with Crippen LogP contribution in [-0.4, -0.2) is 18.3 Å². The van der Waals surface area contributed by atoms with Crippen LogP contribution >= 0.6 is 0 Å². The molecule has 2 aromatic carbocycles. The molecule has 3 nitrogen and oxygen atoms in total. The Balaban J connectivity index is 1.45. The third-order valence-corrected chi connectivity index (χ3v) is 5.75. The number of carbonyl (C=O) groups is 1. The van der Waals surface area contributed by atoms with Gasteiger partial charge in [0.2, 0.25) is 0 Å². The van der Waals surface area contributed by atoms with E-state index in [1.54, 1.807) is 12.1 Å². The van der Waals surface area contributed by atoms with Crippen LogP contribution in [0.2, 0.25) is 0 Å². The lowest BCUT2D eigenvalue weighted by atomic mass is 9.81. The molecule has 0 aliphatic heterocycles. The van der Waals surface area contributed by atoms with Crippen molar-refractivity contribution in [2.75, 3.05) is 0 Å². The summed E-state index contributed by atoms with van der Waals surface area (Å²) in [6, 6.07) is 13.0. The molecule has 136 valence electrons. The number of hydrazone groups is 1. The number of fused-ring (bicyclic) bond motifs is 3. The van der Waals surface area contributed by atoms with Gasteiger partial charge in [-0.15, -0.1) is 0 Å². The van der Waals surface area contributed by atoms with Crippen LogP contribution in [0.1, 0.15) is 29.6 Å². The molecular weight excluding hydrogens is 341 g/mol. The van der Waals surface area contributed by atoms with Crippen molar-refractivity contribution >= 4 is 22.9 Å². The van der Waals surface area contributed by atoms with Gasteiger partial charge < -0.3 is 0 Å². The largest absolute Gasteiger partial charge is 0.392 e. The minimum Gasteiger partial charge on any atom is -0.267 e. The molecule has 2 aliphatic rings. The van der Waals surface area contributed by atoms with E-state index in [1.165, 1.54) is 6.21 Å². The summed E-state index contributed by atoms with van der Waals surface area (Å²) in [5.41, 5.74) is 2.98. The molecule has 2 aromatic rings. The highest BCUT2D eigenvalue weighted by atomic mass is 19.4. The number of carbonyl (C=O) groups excluding carboxylic acids is 1. The first-order chi connectivity index (χ1) is 12.4. The van der Waals surface area contributed by atoms with Crippen LogP contribution in [0, 0.1) is 23.7 Å². The first-order valence-corrected chi connectivity index (χ1v) is 8.81. The van der Waals surface area contributed by atoms with E-state index in [-0.39, 0.29) is 24.2 Å². The fourth-order valence-electron chi connectivity index (χ4n) is 4.63. The van der Waals surface area contributed by atoms with E-state index in [4.69, 9.17) is 0 Å². The van der Waals surface area contributed by atoms with Crippen LogP contribution in [0.5, 0.6) is 0 Å². The second-order valence-corrected chi connectivity index (χ2v) is 7.29. The molecule has 0 saturated heterocycles. The van der Waals surface area contributed by atoms with Gasteiger partial charge in [-0.05, 0) is 53.9 Å². The number of alkyl halides is 3. The number of hydrogen-bond donors (Lipinski definition) is 1. The highest BCUT2D eigenvalue weighted by Crippen LogP contribution is 2.56. The van der Waals surface area contributed by atoms with E-state index in [0.29, 0.717) is 12.0 Å². The van der Waals surface area contributed by atoms with E-state index in [1.807, 2.05) is 30.3 Å². The highest BCUT2D eigenvalue weighted by Gasteiger charge is 2.56. The average molecular weight is 360 g/mol. The summed E-state index contributed by atoms with van der Waals surface area (Å²) in [4.78, 5) is 12.4. The van der Waals surface area contributed by atoms with Crippen LogP contribution in [0.3, 0.4) is 0 Å². The van der Waals surface area contributed by atoms with Crippen molar-refractivity contribution in [3.63, 3.8) is 0 Å². The molecule has 1 N–H and O–H groups in total. The van der Waals surface area contributed by atoms with Gasteiger partial charge in [0.15, 0.2) is 0 Å². The fourth-order valence-corrected chi connectivity index (χ4v) is 4.63. The smallest absolute Gasteiger partial charge is 0.267 e. The number of amides is 1. The van der Waals surface area contributed by atoms with Crippen molar-refractivity contribution in [3.8, 4) is 0 Å². The third kappa shape index (κ3) is 3.08. The first-order valence-electron chi connectivity index (χ1n) is 8.81. The Morgan fingerprint density at radius 1 is 1.08 bits per heavy atom. The van der Waals surface area contributed by atoms with E-state index < -0.39 is 18.0 Å². The van der Waals surface area contributed by atoms with E-state index in [2.05, 4.69) is 10.5 Å². The highest BCUT2D eigenvalue weighted by molar-refractivity contribution is 6.07. The maximum atomic E-state index is 13.1. The van der Waals surface area contributed by atoms with Gasteiger partial charge in [-0.2, -0.15) is 18.3 Å².